The average Bonchev–Trinajstić information content (AvgIpc) is 3.09. The zero-order chi connectivity index (χ0) is 33.9. The quantitative estimate of drug-likeness (QED) is 0.167. The molecule has 4 aromatic carbocycles. The first-order valence-electron chi connectivity index (χ1n) is 16.6. The van der Waals surface area contributed by atoms with Gasteiger partial charge in [-0.25, -0.2) is 8.42 Å². The third-order valence-corrected chi connectivity index (χ3v) is 10.0. The van der Waals surface area contributed by atoms with Crippen LogP contribution in [0.15, 0.2) is 109 Å². The van der Waals surface area contributed by atoms with Crippen LogP contribution in [-0.4, -0.2) is 50.0 Å². The van der Waals surface area contributed by atoms with E-state index in [-0.39, 0.29) is 18.5 Å². The fraction of sp³-hybridized carbons (Fsp3) is 0.333. The number of aryl methyl sites for hydroxylation is 1. The smallest absolute Gasteiger partial charge is 0.244 e. The van der Waals surface area contributed by atoms with Crippen LogP contribution >= 0.6 is 0 Å². The number of carbonyl (C=O) groups is 2. The minimum atomic E-state index is -3.88. The molecule has 8 nitrogen and oxygen atoms in total. The summed E-state index contributed by atoms with van der Waals surface area (Å²) in [5.74, 6) is -0.114. The second-order valence-electron chi connectivity index (χ2n) is 12.5. The van der Waals surface area contributed by atoms with Gasteiger partial charge in [0.05, 0.1) is 11.9 Å². The van der Waals surface area contributed by atoms with Crippen LogP contribution in [-0.2, 0) is 39.2 Å². The number of nitrogens with one attached hydrogen (secondary N) is 1. The summed E-state index contributed by atoms with van der Waals surface area (Å²) in [4.78, 5) is 30.2. The van der Waals surface area contributed by atoms with Gasteiger partial charge in [-0.15, -0.1) is 0 Å². The van der Waals surface area contributed by atoms with Crippen molar-refractivity contribution in [1.82, 2.24) is 10.2 Å². The molecule has 5 rings (SSSR count). The van der Waals surface area contributed by atoms with Gasteiger partial charge in [-0.3, -0.25) is 13.9 Å². The highest BCUT2D eigenvalue weighted by molar-refractivity contribution is 7.92. The van der Waals surface area contributed by atoms with E-state index in [4.69, 9.17) is 4.74 Å². The van der Waals surface area contributed by atoms with Crippen LogP contribution < -0.4 is 14.4 Å². The molecule has 9 heteroatoms. The third kappa shape index (κ3) is 9.70. The largest absolute Gasteiger partial charge is 0.489 e. The van der Waals surface area contributed by atoms with E-state index in [0.717, 1.165) is 64.9 Å². The summed E-state index contributed by atoms with van der Waals surface area (Å²) in [5.41, 5.74) is 4.12. The second-order valence-corrected chi connectivity index (χ2v) is 14.4. The number of hydrogen-bond donors (Lipinski definition) is 1. The molecule has 1 saturated carbocycles. The van der Waals surface area contributed by atoms with E-state index in [1.165, 1.54) is 0 Å². The Morgan fingerprint density at radius 1 is 0.812 bits per heavy atom. The molecule has 2 amide bonds. The Balaban J connectivity index is 1.44. The van der Waals surface area contributed by atoms with Crippen molar-refractivity contribution >= 4 is 27.5 Å². The number of anilines is 1. The van der Waals surface area contributed by atoms with Crippen LogP contribution in [0.4, 0.5) is 5.69 Å². The fourth-order valence-electron chi connectivity index (χ4n) is 6.13. The van der Waals surface area contributed by atoms with Gasteiger partial charge in [0.25, 0.3) is 0 Å². The number of hydrogen-bond acceptors (Lipinski definition) is 5. The highest BCUT2D eigenvalue weighted by Gasteiger charge is 2.34. The lowest BCUT2D eigenvalue weighted by Gasteiger charge is -2.35. The van der Waals surface area contributed by atoms with E-state index < -0.39 is 28.5 Å². The summed E-state index contributed by atoms with van der Waals surface area (Å²) in [6.07, 6.45) is 6.45. The Hall–Kier alpha value is -4.63. The summed E-state index contributed by atoms with van der Waals surface area (Å²) in [6, 6.07) is 33.0. The molecule has 0 heterocycles. The van der Waals surface area contributed by atoms with Crippen LogP contribution in [0.1, 0.15) is 54.4 Å². The molecule has 48 heavy (non-hydrogen) atoms. The highest BCUT2D eigenvalue weighted by Crippen LogP contribution is 2.25. The number of amides is 2. The summed E-state index contributed by atoms with van der Waals surface area (Å²) < 4.78 is 33.4. The summed E-state index contributed by atoms with van der Waals surface area (Å²) in [6.45, 7) is 2.03. The van der Waals surface area contributed by atoms with Crippen LogP contribution in [0.3, 0.4) is 0 Å². The minimum absolute atomic E-state index is 0.0510. The molecule has 0 aromatic heterocycles. The average molecular weight is 668 g/mol. The Labute approximate surface area is 284 Å². The molecular formula is C39H45N3O5S. The van der Waals surface area contributed by atoms with Crippen molar-refractivity contribution < 1.29 is 22.7 Å². The zero-order valence-electron chi connectivity index (χ0n) is 27.8. The lowest BCUT2D eigenvalue weighted by Crippen LogP contribution is -2.55. The van der Waals surface area contributed by atoms with Crippen LogP contribution in [0, 0.1) is 6.92 Å². The van der Waals surface area contributed by atoms with Crippen molar-refractivity contribution in [3.63, 3.8) is 0 Å². The molecule has 0 saturated heterocycles. The maximum absolute atomic E-state index is 14.5. The number of benzene rings is 4. The van der Waals surface area contributed by atoms with Gasteiger partial charge in [-0.1, -0.05) is 104 Å². The zero-order valence-corrected chi connectivity index (χ0v) is 28.6. The minimum Gasteiger partial charge on any atom is -0.489 e. The van der Waals surface area contributed by atoms with Gasteiger partial charge in [0.15, 0.2) is 0 Å². The Bertz CT molecular complexity index is 1740. The van der Waals surface area contributed by atoms with Gasteiger partial charge in [0.2, 0.25) is 21.8 Å². The van der Waals surface area contributed by atoms with E-state index in [1.54, 1.807) is 29.2 Å². The molecule has 1 N–H and O–H groups in total. The Morgan fingerprint density at radius 3 is 2.04 bits per heavy atom. The van der Waals surface area contributed by atoms with Gasteiger partial charge in [0.1, 0.15) is 24.9 Å². The molecule has 1 fully saturated rings. The summed E-state index contributed by atoms with van der Waals surface area (Å²) in [5, 5.41) is 3.24. The van der Waals surface area contributed by atoms with Crippen LogP contribution in [0.5, 0.6) is 5.75 Å². The van der Waals surface area contributed by atoms with E-state index >= 15 is 0 Å². The first kappa shape index (κ1) is 34.7. The van der Waals surface area contributed by atoms with Gasteiger partial charge in [0, 0.05) is 19.0 Å². The van der Waals surface area contributed by atoms with E-state index in [2.05, 4.69) is 5.32 Å². The number of sulfonamides is 1. The molecule has 0 aliphatic heterocycles. The topological polar surface area (TPSA) is 96.0 Å². The molecule has 4 aromatic rings. The summed E-state index contributed by atoms with van der Waals surface area (Å²) in [7, 11) is -3.88. The first-order valence-corrected chi connectivity index (χ1v) is 18.4. The Kier molecular flexibility index (Phi) is 11.9. The molecule has 252 valence electrons. The monoisotopic (exact) mass is 667 g/mol. The molecule has 1 unspecified atom stereocenters. The normalized spacial score (nSPS) is 14.1. The maximum Gasteiger partial charge on any atom is 0.244 e. The van der Waals surface area contributed by atoms with Gasteiger partial charge >= 0.3 is 0 Å². The number of ether oxygens (including phenoxy) is 1. The maximum atomic E-state index is 14.5. The van der Waals surface area contributed by atoms with Crippen molar-refractivity contribution in [3.8, 4) is 5.75 Å². The number of nitrogens with zero attached hydrogens (tertiary/aromatic N) is 2. The lowest BCUT2D eigenvalue weighted by molar-refractivity contribution is -0.140. The van der Waals surface area contributed by atoms with Gasteiger partial charge in [-0.05, 0) is 66.3 Å². The van der Waals surface area contributed by atoms with Crippen LogP contribution in [0.25, 0.3) is 0 Å². The highest BCUT2D eigenvalue weighted by atomic mass is 32.2. The van der Waals surface area contributed by atoms with E-state index in [9.17, 15) is 18.0 Å². The lowest BCUT2D eigenvalue weighted by atomic mass is 9.94. The van der Waals surface area contributed by atoms with E-state index in [0.29, 0.717) is 24.5 Å². The molecule has 0 radical (unpaired) electrons. The van der Waals surface area contributed by atoms with Crippen LogP contribution in [0.2, 0.25) is 0 Å². The van der Waals surface area contributed by atoms with Crippen molar-refractivity contribution in [1.29, 1.82) is 0 Å². The standard InChI is InChI=1S/C39H45N3O5S/c1-30-14-12-13-19-33(30)27-41(37(26-31-15-6-3-7-16-31)39(44)40-34-20-10-5-11-21-34)38(43)28-42(48(2,45)46)35-22-24-36(25-23-35)47-29-32-17-8-4-9-18-32/h3-4,6-9,12-19,22-25,34,37H,5,10-11,20-21,26-29H2,1-2H3,(H,40,44). The van der Waals surface area contributed by atoms with Crippen molar-refractivity contribution in [3.05, 3.63) is 131 Å². The molecule has 1 aliphatic rings. The number of rotatable bonds is 14. The first-order chi connectivity index (χ1) is 23.2. The SMILES string of the molecule is Cc1ccccc1CN(C(=O)CN(c1ccc(OCc2ccccc2)cc1)S(C)(=O)=O)C(Cc1ccccc1)C(=O)NC1CCCCC1. The predicted molar refractivity (Wildman–Crippen MR) is 190 cm³/mol. The molecule has 0 spiro atoms. The predicted octanol–water partition coefficient (Wildman–Crippen LogP) is 6.43. The third-order valence-electron chi connectivity index (χ3n) is 8.88. The van der Waals surface area contributed by atoms with E-state index in [1.807, 2.05) is 91.9 Å². The van der Waals surface area contributed by atoms with Gasteiger partial charge < -0.3 is 15.0 Å². The summed E-state index contributed by atoms with van der Waals surface area (Å²) >= 11 is 0. The molecule has 0 bridgehead atoms. The Morgan fingerprint density at radius 2 is 1.42 bits per heavy atom. The molecular weight excluding hydrogens is 623 g/mol. The van der Waals surface area contributed by atoms with Crippen molar-refractivity contribution in [2.75, 3.05) is 17.1 Å². The van der Waals surface area contributed by atoms with Crippen molar-refractivity contribution in [2.45, 2.75) is 70.7 Å². The van der Waals surface area contributed by atoms with Crippen molar-refractivity contribution in [2.24, 2.45) is 0 Å². The molecule has 1 atom stereocenters. The molecule has 1 aliphatic carbocycles. The fourth-order valence-corrected chi connectivity index (χ4v) is 6.98. The van der Waals surface area contributed by atoms with Gasteiger partial charge in [-0.2, -0.15) is 0 Å². The number of carbonyl (C=O) groups excluding carboxylic acids is 2. The second kappa shape index (κ2) is 16.5.